The number of benzene rings is 2. The number of carbonyl (C=O) groups is 2. The van der Waals surface area contributed by atoms with Crippen molar-refractivity contribution in [3.05, 3.63) is 59.2 Å². The van der Waals surface area contributed by atoms with Crippen LogP contribution < -0.4 is 9.47 Å². The summed E-state index contributed by atoms with van der Waals surface area (Å²) in [4.78, 5) is 30.7. The number of ether oxygens (including phenoxy) is 3. The minimum absolute atomic E-state index is 0.0351. The average Bonchev–Trinajstić information content (AvgIpc) is 3.49. The number of rotatable bonds is 3. The summed E-state index contributed by atoms with van der Waals surface area (Å²) >= 11 is 0. The van der Waals surface area contributed by atoms with Gasteiger partial charge in [0.2, 0.25) is 0 Å². The summed E-state index contributed by atoms with van der Waals surface area (Å²) in [5.41, 5.74) is 3.25. The van der Waals surface area contributed by atoms with Crippen LogP contribution in [0.1, 0.15) is 79.3 Å². The minimum atomic E-state index is -0.0351. The predicted molar refractivity (Wildman–Crippen MR) is 157 cm³/mol. The third-order valence-electron chi connectivity index (χ3n) is 9.73. The summed E-state index contributed by atoms with van der Waals surface area (Å²) in [7, 11) is 0. The van der Waals surface area contributed by atoms with Gasteiger partial charge in [-0.25, -0.2) is 0 Å². The molecule has 3 aliphatic heterocycles. The highest BCUT2D eigenvalue weighted by atomic mass is 16.5. The molecule has 4 aliphatic rings. The van der Waals surface area contributed by atoms with Crippen molar-refractivity contribution in [1.82, 2.24) is 9.80 Å². The van der Waals surface area contributed by atoms with Crippen LogP contribution in [0, 0.1) is 5.41 Å². The Kier molecular flexibility index (Phi) is 8.80. The second kappa shape index (κ2) is 12.8. The van der Waals surface area contributed by atoms with Crippen molar-refractivity contribution in [3.8, 4) is 11.5 Å². The SMILES string of the molecule is O=C(COc1cccc2c1CCCC2)N1CCC2(CCCCOC[C@@H]3CCCN3C(=O)c3ccccc3OC2)CC1. The molecule has 41 heavy (non-hydrogen) atoms. The molecule has 0 radical (unpaired) electrons. The topological polar surface area (TPSA) is 68.3 Å². The lowest BCUT2D eigenvalue weighted by molar-refractivity contribution is -0.136. The zero-order chi connectivity index (χ0) is 28.1. The quantitative estimate of drug-likeness (QED) is 0.500. The number of para-hydroxylation sites is 1. The molecular formula is C34H44N2O5. The maximum Gasteiger partial charge on any atom is 0.260 e. The fraction of sp³-hybridized carbons (Fsp3) is 0.588. The molecule has 0 N–H and O–H groups in total. The maximum absolute atomic E-state index is 13.6. The largest absolute Gasteiger partial charge is 0.492 e. The molecule has 7 nitrogen and oxygen atoms in total. The van der Waals surface area contributed by atoms with Crippen molar-refractivity contribution in [1.29, 1.82) is 0 Å². The number of aryl methyl sites for hydroxylation is 1. The Bertz CT molecular complexity index is 1220. The molecule has 0 saturated carbocycles. The molecule has 3 heterocycles. The highest BCUT2D eigenvalue weighted by molar-refractivity contribution is 5.97. The van der Waals surface area contributed by atoms with Crippen LogP contribution in [0.15, 0.2) is 42.5 Å². The van der Waals surface area contributed by atoms with Crippen LogP contribution in [0.2, 0.25) is 0 Å². The van der Waals surface area contributed by atoms with E-state index in [0.29, 0.717) is 37.6 Å². The van der Waals surface area contributed by atoms with Crippen LogP contribution in [0.25, 0.3) is 0 Å². The molecule has 0 aromatic heterocycles. The van der Waals surface area contributed by atoms with Crippen LogP contribution in [0.5, 0.6) is 11.5 Å². The molecule has 2 aromatic carbocycles. The number of hydrogen-bond donors (Lipinski definition) is 0. The molecule has 6 rings (SSSR count). The Balaban J connectivity index is 1.10. The van der Waals surface area contributed by atoms with E-state index in [1.54, 1.807) is 0 Å². The van der Waals surface area contributed by atoms with Crippen LogP contribution in [-0.4, -0.2) is 73.7 Å². The zero-order valence-corrected chi connectivity index (χ0v) is 24.3. The van der Waals surface area contributed by atoms with Crippen molar-refractivity contribution in [2.45, 2.75) is 76.7 Å². The molecule has 1 spiro atoms. The Morgan fingerprint density at radius 2 is 1.78 bits per heavy atom. The van der Waals surface area contributed by atoms with Gasteiger partial charge in [-0.15, -0.1) is 0 Å². The van der Waals surface area contributed by atoms with E-state index in [9.17, 15) is 9.59 Å². The second-order valence-electron chi connectivity index (χ2n) is 12.4. The van der Waals surface area contributed by atoms with Crippen molar-refractivity contribution in [2.75, 3.05) is 46.1 Å². The van der Waals surface area contributed by atoms with Crippen LogP contribution >= 0.6 is 0 Å². The fourth-order valence-corrected chi connectivity index (χ4v) is 7.16. The molecule has 0 bridgehead atoms. The second-order valence-corrected chi connectivity index (χ2v) is 12.4. The van der Waals surface area contributed by atoms with Gasteiger partial charge in [-0.2, -0.15) is 0 Å². The first-order valence-corrected chi connectivity index (χ1v) is 15.7. The van der Waals surface area contributed by atoms with Crippen molar-refractivity contribution >= 4 is 11.8 Å². The maximum atomic E-state index is 13.6. The summed E-state index contributed by atoms with van der Waals surface area (Å²) in [6.45, 7) is 4.13. The first-order chi connectivity index (χ1) is 20.1. The molecule has 2 saturated heterocycles. The van der Waals surface area contributed by atoms with E-state index in [0.717, 1.165) is 76.7 Å². The van der Waals surface area contributed by atoms with Gasteiger partial charge >= 0.3 is 0 Å². The number of amides is 2. The third-order valence-corrected chi connectivity index (χ3v) is 9.73. The summed E-state index contributed by atoms with van der Waals surface area (Å²) in [6, 6.07) is 14.0. The average molecular weight is 561 g/mol. The highest BCUT2D eigenvalue weighted by Crippen LogP contribution is 2.38. The van der Waals surface area contributed by atoms with Gasteiger partial charge in [-0.05, 0) is 93.5 Å². The van der Waals surface area contributed by atoms with Gasteiger partial charge in [0, 0.05) is 31.7 Å². The lowest BCUT2D eigenvalue weighted by Gasteiger charge is -2.42. The first kappa shape index (κ1) is 28.1. The Labute approximate surface area is 244 Å². The van der Waals surface area contributed by atoms with Crippen molar-refractivity contribution < 1.29 is 23.8 Å². The van der Waals surface area contributed by atoms with Gasteiger partial charge in [0.15, 0.2) is 6.61 Å². The third kappa shape index (κ3) is 6.40. The van der Waals surface area contributed by atoms with E-state index in [1.807, 2.05) is 46.2 Å². The Morgan fingerprint density at radius 1 is 0.927 bits per heavy atom. The number of hydrogen-bond acceptors (Lipinski definition) is 5. The van der Waals surface area contributed by atoms with Crippen LogP contribution in [0.4, 0.5) is 0 Å². The molecule has 2 fully saturated rings. The normalized spacial score (nSPS) is 23.1. The first-order valence-electron chi connectivity index (χ1n) is 15.7. The van der Waals surface area contributed by atoms with Gasteiger partial charge in [0.1, 0.15) is 11.5 Å². The van der Waals surface area contributed by atoms with Gasteiger partial charge in [-0.1, -0.05) is 30.7 Å². The highest BCUT2D eigenvalue weighted by Gasteiger charge is 2.37. The molecule has 2 amide bonds. The molecular weight excluding hydrogens is 516 g/mol. The van der Waals surface area contributed by atoms with E-state index in [-0.39, 0.29) is 29.9 Å². The van der Waals surface area contributed by atoms with E-state index < -0.39 is 0 Å². The van der Waals surface area contributed by atoms with Gasteiger partial charge in [0.25, 0.3) is 11.8 Å². The van der Waals surface area contributed by atoms with Crippen LogP contribution in [-0.2, 0) is 22.4 Å². The minimum Gasteiger partial charge on any atom is -0.492 e. The lowest BCUT2D eigenvalue weighted by atomic mass is 9.75. The Hall–Kier alpha value is -3.06. The standard InChI is InChI=1S/C34H44N2O5/c37-32(24-40-30-15-7-10-26-9-1-2-12-28(26)30)35-20-17-34(18-21-35)16-5-6-22-39-23-27-11-8-19-36(27)33(38)29-13-3-4-14-31(29)41-25-34/h3-4,7,10,13-15,27H,1-2,5-6,8-9,11-12,16-25H2/t27-/m0/s1. The number of nitrogens with zero attached hydrogens (tertiary/aromatic N) is 2. The number of piperidine rings is 1. The summed E-state index contributed by atoms with van der Waals surface area (Å²) in [6.07, 6.45) is 11.4. The van der Waals surface area contributed by atoms with Crippen LogP contribution in [0.3, 0.4) is 0 Å². The molecule has 2 aromatic rings. The summed E-state index contributed by atoms with van der Waals surface area (Å²) in [5, 5.41) is 0. The molecule has 1 aliphatic carbocycles. The molecule has 1 atom stereocenters. The monoisotopic (exact) mass is 560 g/mol. The van der Waals surface area contributed by atoms with E-state index >= 15 is 0 Å². The Morgan fingerprint density at radius 3 is 2.68 bits per heavy atom. The van der Waals surface area contributed by atoms with Gasteiger partial charge < -0.3 is 24.0 Å². The number of fused-ring (bicyclic) bond motifs is 3. The van der Waals surface area contributed by atoms with Gasteiger partial charge in [-0.3, -0.25) is 9.59 Å². The number of carbonyl (C=O) groups excluding carboxylic acids is 2. The molecule has 0 unspecified atom stereocenters. The van der Waals surface area contributed by atoms with Crippen molar-refractivity contribution in [3.63, 3.8) is 0 Å². The fourth-order valence-electron chi connectivity index (χ4n) is 7.16. The van der Waals surface area contributed by atoms with E-state index in [1.165, 1.54) is 24.0 Å². The molecule has 220 valence electrons. The molecule has 7 heteroatoms. The zero-order valence-electron chi connectivity index (χ0n) is 24.3. The van der Waals surface area contributed by atoms with Gasteiger partial charge in [0.05, 0.1) is 24.8 Å². The summed E-state index contributed by atoms with van der Waals surface area (Å²) < 4.78 is 18.6. The van der Waals surface area contributed by atoms with E-state index in [4.69, 9.17) is 14.2 Å². The van der Waals surface area contributed by atoms with E-state index in [2.05, 4.69) is 6.07 Å². The predicted octanol–water partition coefficient (Wildman–Crippen LogP) is 5.44. The number of likely N-dealkylation sites (tertiary alicyclic amines) is 1. The van der Waals surface area contributed by atoms with Crippen molar-refractivity contribution in [2.24, 2.45) is 5.41 Å². The summed E-state index contributed by atoms with van der Waals surface area (Å²) in [5.74, 6) is 1.63. The lowest BCUT2D eigenvalue weighted by Crippen LogP contribution is -2.47. The smallest absolute Gasteiger partial charge is 0.260 e.